The highest BCUT2D eigenvalue weighted by atomic mass is 35.5. The average Bonchev–Trinajstić information content (AvgIpc) is 2.62. The summed E-state index contributed by atoms with van der Waals surface area (Å²) < 4.78 is 5.32. The molecular formula is C20H15ClO2. The third kappa shape index (κ3) is 3.79. The molecule has 0 aliphatic rings. The molecule has 0 aliphatic heterocycles. The summed E-state index contributed by atoms with van der Waals surface area (Å²) in [5.41, 5.74) is 3.50. The molecule has 2 nitrogen and oxygen atoms in total. The van der Waals surface area contributed by atoms with Crippen LogP contribution in [0.5, 0.6) is 0 Å². The standard InChI is InChI=1S/C20H15ClO2/c21-19-9-5-4-8-18(19)14-23-20(22)17-12-10-16(11-13-17)15-6-2-1-3-7-15/h1-13H,14H2. The first-order valence-electron chi connectivity index (χ1n) is 7.30. The monoisotopic (exact) mass is 322 g/mol. The van der Waals surface area contributed by atoms with Crippen molar-refractivity contribution in [2.45, 2.75) is 6.61 Å². The first kappa shape index (κ1) is 15.3. The van der Waals surface area contributed by atoms with Crippen molar-refractivity contribution in [2.75, 3.05) is 0 Å². The van der Waals surface area contributed by atoms with Gasteiger partial charge in [0.25, 0.3) is 0 Å². The van der Waals surface area contributed by atoms with E-state index in [1.54, 1.807) is 18.2 Å². The summed E-state index contributed by atoms with van der Waals surface area (Å²) in [7, 11) is 0. The second-order valence-electron chi connectivity index (χ2n) is 5.11. The molecule has 0 saturated carbocycles. The maximum atomic E-state index is 12.1. The first-order valence-corrected chi connectivity index (χ1v) is 7.68. The summed E-state index contributed by atoms with van der Waals surface area (Å²) in [6.45, 7) is 0.166. The Bertz CT molecular complexity index is 795. The van der Waals surface area contributed by atoms with Crippen LogP contribution in [0.3, 0.4) is 0 Å². The van der Waals surface area contributed by atoms with Crippen molar-refractivity contribution in [3.63, 3.8) is 0 Å². The number of ether oxygens (including phenoxy) is 1. The van der Waals surface area contributed by atoms with Gasteiger partial charge in [0.15, 0.2) is 0 Å². The zero-order valence-corrected chi connectivity index (χ0v) is 13.2. The molecule has 0 amide bonds. The Balaban J connectivity index is 1.67. The number of hydrogen-bond acceptors (Lipinski definition) is 2. The van der Waals surface area contributed by atoms with E-state index in [1.807, 2.05) is 60.7 Å². The minimum absolute atomic E-state index is 0.166. The maximum absolute atomic E-state index is 12.1. The topological polar surface area (TPSA) is 26.3 Å². The van der Waals surface area contributed by atoms with Crippen LogP contribution < -0.4 is 0 Å². The van der Waals surface area contributed by atoms with Gasteiger partial charge in [0.2, 0.25) is 0 Å². The summed E-state index contributed by atoms with van der Waals surface area (Å²) in [4.78, 5) is 12.1. The van der Waals surface area contributed by atoms with Gasteiger partial charge in [0.1, 0.15) is 6.61 Å². The van der Waals surface area contributed by atoms with E-state index in [2.05, 4.69) is 0 Å². The summed E-state index contributed by atoms with van der Waals surface area (Å²) in [6.07, 6.45) is 0. The highest BCUT2D eigenvalue weighted by Crippen LogP contribution is 2.20. The van der Waals surface area contributed by atoms with Crippen LogP contribution in [0.25, 0.3) is 11.1 Å². The normalized spacial score (nSPS) is 10.3. The van der Waals surface area contributed by atoms with E-state index in [9.17, 15) is 4.79 Å². The molecule has 23 heavy (non-hydrogen) atoms. The molecule has 114 valence electrons. The van der Waals surface area contributed by atoms with Crippen molar-refractivity contribution in [3.05, 3.63) is 95.0 Å². The SMILES string of the molecule is O=C(OCc1ccccc1Cl)c1ccc(-c2ccccc2)cc1. The zero-order valence-electron chi connectivity index (χ0n) is 12.4. The molecule has 0 radical (unpaired) electrons. The van der Waals surface area contributed by atoms with Gasteiger partial charge in [0.05, 0.1) is 5.56 Å². The number of carbonyl (C=O) groups excluding carboxylic acids is 1. The van der Waals surface area contributed by atoms with Gasteiger partial charge in [-0.15, -0.1) is 0 Å². The van der Waals surface area contributed by atoms with Crippen LogP contribution in [0, 0.1) is 0 Å². The molecule has 3 heteroatoms. The second-order valence-corrected chi connectivity index (χ2v) is 5.52. The van der Waals surface area contributed by atoms with Crippen LogP contribution in [0.4, 0.5) is 0 Å². The number of rotatable bonds is 4. The Hall–Kier alpha value is -2.58. The maximum Gasteiger partial charge on any atom is 0.338 e. The molecular weight excluding hydrogens is 308 g/mol. The Labute approximate surface area is 140 Å². The highest BCUT2D eigenvalue weighted by molar-refractivity contribution is 6.31. The molecule has 0 bridgehead atoms. The van der Waals surface area contributed by atoms with Crippen molar-refractivity contribution >= 4 is 17.6 Å². The second kappa shape index (κ2) is 7.12. The molecule has 0 aromatic heterocycles. The van der Waals surface area contributed by atoms with Crippen LogP contribution in [0.1, 0.15) is 15.9 Å². The molecule has 3 aromatic rings. The van der Waals surface area contributed by atoms with Crippen LogP contribution in [0.15, 0.2) is 78.9 Å². The highest BCUT2D eigenvalue weighted by Gasteiger charge is 2.09. The molecule has 0 unspecified atom stereocenters. The predicted octanol–water partition coefficient (Wildman–Crippen LogP) is 5.36. The molecule has 0 aliphatic carbocycles. The summed E-state index contributed by atoms with van der Waals surface area (Å²) in [5.74, 6) is -0.357. The molecule has 3 rings (SSSR count). The molecule has 0 atom stereocenters. The van der Waals surface area contributed by atoms with Gasteiger partial charge in [0, 0.05) is 10.6 Å². The van der Waals surface area contributed by atoms with E-state index in [4.69, 9.17) is 16.3 Å². The van der Waals surface area contributed by atoms with E-state index in [1.165, 1.54) is 0 Å². The Morgan fingerprint density at radius 3 is 2.09 bits per heavy atom. The van der Waals surface area contributed by atoms with Gasteiger partial charge >= 0.3 is 5.97 Å². The van der Waals surface area contributed by atoms with E-state index in [0.29, 0.717) is 10.6 Å². The number of benzene rings is 3. The number of carbonyl (C=O) groups is 1. The lowest BCUT2D eigenvalue weighted by Crippen LogP contribution is -2.05. The lowest BCUT2D eigenvalue weighted by atomic mass is 10.0. The van der Waals surface area contributed by atoms with Crippen molar-refractivity contribution in [3.8, 4) is 11.1 Å². The van der Waals surface area contributed by atoms with Gasteiger partial charge < -0.3 is 4.74 Å². The van der Waals surface area contributed by atoms with Crippen molar-refractivity contribution in [1.82, 2.24) is 0 Å². The molecule has 0 N–H and O–H groups in total. The van der Waals surface area contributed by atoms with Gasteiger partial charge in [-0.1, -0.05) is 72.3 Å². The molecule has 0 spiro atoms. The van der Waals surface area contributed by atoms with Crippen LogP contribution >= 0.6 is 11.6 Å². The van der Waals surface area contributed by atoms with Crippen molar-refractivity contribution in [1.29, 1.82) is 0 Å². The van der Waals surface area contributed by atoms with E-state index >= 15 is 0 Å². The summed E-state index contributed by atoms with van der Waals surface area (Å²) >= 11 is 6.05. The van der Waals surface area contributed by atoms with E-state index in [0.717, 1.165) is 16.7 Å². The lowest BCUT2D eigenvalue weighted by molar-refractivity contribution is 0.0473. The van der Waals surface area contributed by atoms with Crippen LogP contribution in [0.2, 0.25) is 5.02 Å². The molecule has 0 heterocycles. The first-order chi connectivity index (χ1) is 11.2. The average molecular weight is 323 g/mol. The summed E-state index contributed by atoms with van der Waals surface area (Å²) in [6, 6.07) is 24.7. The largest absolute Gasteiger partial charge is 0.457 e. The number of esters is 1. The molecule has 0 saturated heterocycles. The predicted molar refractivity (Wildman–Crippen MR) is 92.4 cm³/mol. The molecule has 0 fully saturated rings. The lowest BCUT2D eigenvalue weighted by Gasteiger charge is -2.07. The zero-order chi connectivity index (χ0) is 16.1. The third-order valence-electron chi connectivity index (χ3n) is 3.54. The Morgan fingerprint density at radius 1 is 0.783 bits per heavy atom. The fourth-order valence-electron chi connectivity index (χ4n) is 2.27. The Kier molecular flexibility index (Phi) is 4.74. The Morgan fingerprint density at radius 2 is 1.39 bits per heavy atom. The number of halogens is 1. The number of hydrogen-bond donors (Lipinski definition) is 0. The quantitative estimate of drug-likeness (QED) is 0.604. The van der Waals surface area contributed by atoms with Crippen molar-refractivity contribution < 1.29 is 9.53 Å². The van der Waals surface area contributed by atoms with E-state index in [-0.39, 0.29) is 12.6 Å². The van der Waals surface area contributed by atoms with Gasteiger partial charge in [-0.3, -0.25) is 0 Å². The third-order valence-corrected chi connectivity index (χ3v) is 3.91. The smallest absolute Gasteiger partial charge is 0.338 e. The van der Waals surface area contributed by atoms with E-state index < -0.39 is 0 Å². The van der Waals surface area contributed by atoms with Crippen LogP contribution in [-0.4, -0.2) is 5.97 Å². The fourth-order valence-corrected chi connectivity index (χ4v) is 2.46. The summed E-state index contributed by atoms with van der Waals surface area (Å²) in [5, 5.41) is 0.597. The molecule has 3 aromatic carbocycles. The minimum atomic E-state index is -0.357. The fraction of sp³-hybridized carbons (Fsp3) is 0.0500. The van der Waals surface area contributed by atoms with Crippen LogP contribution in [-0.2, 0) is 11.3 Å². The van der Waals surface area contributed by atoms with Gasteiger partial charge in [-0.2, -0.15) is 0 Å². The van der Waals surface area contributed by atoms with Gasteiger partial charge in [-0.05, 0) is 29.3 Å². The van der Waals surface area contributed by atoms with Gasteiger partial charge in [-0.25, -0.2) is 4.79 Å². The minimum Gasteiger partial charge on any atom is -0.457 e. The van der Waals surface area contributed by atoms with Crippen molar-refractivity contribution in [2.24, 2.45) is 0 Å².